The Morgan fingerprint density at radius 1 is 1.19 bits per heavy atom. The molecule has 0 saturated carbocycles. The molecule has 1 amide bonds. The first-order chi connectivity index (χ1) is 12.2. The van der Waals surface area contributed by atoms with Gasteiger partial charge in [-0.15, -0.1) is 0 Å². The summed E-state index contributed by atoms with van der Waals surface area (Å²) < 4.78 is 33.9. The molecule has 2 rings (SSSR count). The number of sulfonamides is 1. The molecule has 6 nitrogen and oxygen atoms in total. The van der Waals surface area contributed by atoms with Crippen molar-refractivity contribution in [2.75, 3.05) is 11.9 Å². The summed E-state index contributed by atoms with van der Waals surface area (Å²) in [6.45, 7) is 5.53. The molecule has 2 aromatic carbocycles. The van der Waals surface area contributed by atoms with Gasteiger partial charge >= 0.3 is 0 Å². The molecule has 2 N–H and O–H groups in total. The Morgan fingerprint density at radius 3 is 2.54 bits per heavy atom. The highest BCUT2D eigenvalue weighted by Gasteiger charge is 2.22. The number of halogens is 1. The number of carbonyl (C=O) groups excluding carboxylic acids is 1. The molecule has 0 spiro atoms. The summed E-state index contributed by atoms with van der Waals surface area (Å²) in [5.41, 5.74) is 0.820. The minimum atomic E-state index is -3.81. The van der Waals surface area contributed by atoms with Gasteiger partial charge < -0.3 is 10.1 Å². The van der Waals surface area contributed by atoms with E-state index in [4.69, 9.17) is 4.74 Å². The predicted molar refractivity (Wildman–Crippen MR) is 105 cm³/mol. The average molecular weight is 441 g/mol. The zero-order chi connectivity index (χ0) is 19.3. The Labute approximate surface area is 162 Å². The Kier molecular flexibility index (Phi) is 6.80. The summed E-state index contributed by atoms with van der Waals surface area (Å²) in [6, 6.07) is 11.2. The van der Waals surface area contributed by atoms with E-state index in [0.717, 1.165) is 4.47 Å². The third-order valence-corrected chi connectivity index (χ3v) is 5.44. The lowest BCUT2D eigenvalue weighted by Crippen LogP contribution is -2.30. The third kappa shape index (κ3) is 5.30. The number of amides is 1. The van der Waals surface area contributed by atoms with Crippen molar-refractivity contribution in [1.29, 1.82) is 0 Å². The van der Waals surface area contributed by atoms with Crippen molar-refractivity contribution in [3.8, 4) is 5.75 Å². The monoisotopic (exact) mass is 440 g/mol. The Hall–Kier alpha value is -1.90. The SMILES string of the molecule is CCOc1ccc(C(=O)Nc2cccc(Br)c2)cc1S(=O)(=O)NC(C)C. The highest BCUT2D eigenvalue weighted by atomic mass is 79.9. The fourth-order valence-electron chi connectivity index (χ4n) is 2.28. The van der Waals surface area contributed by atoms with Gasteiger partial charge in [-0.2, -0.15) is 0 Å². The van der Waals surface area contributed by atoms with Crippen molar-refractivity contribution in [3.05, 3.63) is 52.5 Å². The first-order valence-electron chi connectivity index (χ1n) is 8.09. The van der Waals surface area contributed by atoms with Gasteiger partial charge in [0.15, 0.2) is 0 Å². The van der Waals surface area contributed by atoms with Crippen molar-refractivity contribution >= 4 is 37.5 Å². The van der Waals surface area contributed by atoms with Crippen LogP contribution < -0.4 is 14.8 Å². The van der Waals surface area contributed by atoms with Crippen LogP contribution in [0.4, 0.5) is 5.69 Å². The summed E-state index contributed by atoms with van der Waals surface area (Å²) in [7, 11) is -3.81. The van der Waals surface area contributed by atoms with Crippen molar-refractivity contribution in [1.82, 2.24) is 4.72 Å². The molecule has 0 fully saturated rings. The molecule has 8 heteroatoms. The number of carbonyl (C=O) groups is 1. The van der Waals surface area contributed by atoms with E-state index in [1.54, 1.807) is 39.0 Å². The molecule has 140 valence electrons. The van der Waals surface area contributed by atoms with Gasteiger partial charge in [0.05, 0.1) is 6.61 Å². The third-order valence-electron chi connectivity index (χ3n) is 3.27. The van der Waals surface area contributed by atoms with Crippen LogP contribution in [0.25, 0.3) is 0 Å². The van der Waals surface area contributed by atoms with Crippen LogP contribution in [0, 0.1) is 0 Å². The Morgan fingerprint density at radius 2 is 1.92 bits per heavy atom. The van der Waals surface area contributed by atoms with Crippen LogP contribution in [0.1, 0.15) is 31.1 Å². The van der Waals surface area contributed by atoms with E-state index < -0.39 is 15.9 Å². The van der Waals surface area contributed by atoms with Gasteiger partial charge in [-0.25, -0.2) is 13.1 Å². The number of nitrogens with one attached hydrogen (secondary N) is 2. The number of hydrogen-bond donors (Lipinski definition) is 2. The fraction of sp³-hybridized carbons (Fsp3) is 0.278. The smallest absolute Gasteiger partial charge is 0.255 e. The second-order valence-electron chi connectivity index (χ2n) is 5.83. The van der Waals surface area contributed by atoms with Crippen molar-refractivity contribution < 1.29 is 17.9 Å². The molecule has 0 aliphatic carbocycles. The number of rotatable bonds is 7. The molecular weight excluding hydrogens is 420 g/mol. The molecule has 0 aliphatic rings. The molecule has 0 bridgehead atoms. The number of anilines is 1. The Bertz CT molecular complexity index is 898. The lowest BCUT2D eigenvalue weighted by Gasteiger charge is -2.15. The van der Waals surface area contributed by atoms with Gasteiger partial charge in [0.2, 0.25) is 10.0 Å². The fourth-order valence-corrected chi connectivity index (χ4v) is 4.10. The topological polar surface area (TPSA) is 84.5 Å². The molecule has 0 aromatic heterocycles. The molecule has 0 aliphatic heterocycles. The normalized spacial score (nSPS) is 11.4. The maximum atomic E-state index is 12.6. The first kappa shape index (κ1) is 20.4. The second-order valence-corrected chi connectivity index (χ2v) is 8.43. The van der Waals surface area contributed by atoms with E-state index in [1.807, 2.05) is 6.07 Å². The van der Waals surface area contributed by atoms with Gasteiger partial charge in [-0.3, -0.25) is 4.79 Å². The minimum Gasteiger partial charge on any atom is -0.492 e. The zero-order valence-electron chi connectivity index (χ0n) is 14.7. The average Bonchev–Trinajstić information content (AvgIpc) is 2.54. The first-order valence-corrected chi connectivity index (χ1v) is 10.4. The molecule has 0 saturated heterocycles. The second kappa shape index (κ2) is 8.66. The minimum absolute atomic E-state index is 0.0602. The summed E-state index contributed by atoms with van der Waals surface area (Å²) in [6.07, 6.45) is 0. The molecule has 0 atom stereocenters. The van der Waals surface area contributed by atoms with Crippen molar-refractivity contribution in [3.63, 3.8) is 0 Å². The van der Waals surface area contributed by atoms with E-state index in [2.05, 4.69) is 26.0 Å². The van der Waals surface area contributed by atoms with Crippen LogP contribution >= 0.6 is 15.9 Å². The number of benzene rings is 2. The lowest BCUT2D eigenvalue weighted by atomic mass is 10.2. The Balaban J connectivity index is 2.38. The molecule has 2 aromatic rings. The summed E-state index contributed by atoms with van der Waals surface area (Å²) >= 11 is 3.34. The summed E-state index contributed by atoms with van der Waals surface area (Å²) in [5.74, 6) is -0.202. The van der Waals surface area contributed by atoms with Crippen LogP contribution in [-0.4, -0.2) is 27.0 Å². The number of ether oxygens (including phenoxy) is 1. The molecule has 0 unspecified atom stereocenters. The highest BCUT2D eigenvalue weighted by Crippen LogP contribution is 2.26. The maximum absolute atomic E-state index is 12.6. The molecular formula is C18H21BrN2O4S. The summed E-state index contributed by atoms with van der Waals surface area (Å²) in [4.78, 5) is 12.5. The van der Waals surface area contributed by atoms with Crippen LogP contribution in [0.3, 0.4) is 0 Å². The van der Waals surface area contributed by atoms with Gasteiger partial charge in [0.1, 0.15) is 10.6 Å². The predicted octanol–water partition coefficient (Wildman–Crippen LogP) is 3.79. The molecule has 0 radical (unpaired) electrons. The van der Waals surface area contributed by atoms with Crippen LogP contribution in [0.2, 0.25) is 0 Å². The van der Waals surface area contributed by atoms with Crippen molar-refractivity contribution in [2.24, 2.45) is 0 Å². The van der Waals surface area contributed by atoms with Gasteiger partial charge in [-0.1, -0.05) is 22.0 Å². The van der Waals surface area contributed by atoms with E-state index in [9.17, 15) is 13.2 Å². The maximum Gasteiger partial charge on any atom is 0.255 e. The quantitative estimate of drug-likeness (QED) is 0.685. The van der Waals surface area contributed by atoms with Gasteiger partial charge in [0, 0.05) is 21.8 Å². The largest absolute Gasteiger partial charge is 0.492 e. The highest BCUT2D eigenvalue weighted by molar-refractivity contribution is 9.10. The van der Waals surface area contributed by atoms with E-state index in [0.29, 0.717) is 12.3 Å². The lowest BCUT2D eigenvalue weighted by molar-refractivity contribution is 0.102. The summed E-state index contributed by atoms with van der Waals surface area (Å²) in [5, 5.41) is 2.74. The van der Waals surface area contributed by atoms with E-state index in [1.165, 1.54) is 18.2 Å². The van der Waals surface area contributed by atoms with Crippen LogP contribution in [0.15, 0.2) is 51.8 Å². The van der Waals surface area contributed by atoms with Gasteiger partial charge in [0.25, 0.3) is 5.91 Å². The standard InChI is InChI=1S/C18H21BrN2O4S/c1-4-25-16-9-8-13(10-17(16)26(23,24)21-12(2)3)18(22)20-15-7-5-6-14(19)11-15/h5-12,21H,4H2,1-3H3,(H,20,22). The van der Waals surface area contributed by atoms with Crippen LogP contribution in [-0.2, 0) is 10.0 Å². The number of hydrogen-bond acceptors (Lipinski definition) is 4. The zero-order valence-corrected chi connectivity index (χ0v) is 17.1. The van der Waals surface area contributed by atoms with Gasteiger partial charge in [-0.05, 0) is 57.2 Å². The molecule has 0 heterocycles. The van der Waals surface area contributed by atoms with E-state index in [-0.39, 0.29) is 22.3 Å². The van der Waals surface area contributed by atoms with Crippen molar-refractivity contribution in [2.45, 2.75) is 31.7 Å². The molecule has 26 heavy (non-hydrogen) atoms. The van der Waals surface area contributed by atoms with E-state index >= 15 is 0 Å². The van der Waals surface area contributed by atoms with Crippen LogP contribution in [0.5, 0.6) is 5.75 Å².